The predicted octanol–water partition coefficient (Wildman–Crippen LogP) is 4.41. The molecule has 0 aromatic carbocycles. The van der Waals surface area contributed by atoms with Crippen LogP contribution in [-0.4, -0.2) is 18.1 Å². The van der Waals surface area contributed by atoms with Gasteiger partial charge in [-0.25, -0.2) is 4.98 Å². The van der Waals surface area contributed by atoms with Gasteiger partial charge in [0.2, 0.25) is 0 Å². The molecule has 1 aliphatic rings. The van der Waals surface area contributed by atoms with E-state index in [1.165, 1.54) is 38.5 Å². The topological polar surface area (TPSA) is 24.9 Å². The molecule has 1 fully saturated rings. The van der Waals surface area contributed by atoms with Gasteiger partial charge in [-0.2, -0.15) is 0 Å². The molecule has 1 heterocycles. The lowest BCUT2D eigenvalue weighted by Crippen LogP contribution is -2.23. The van der Waals surface area contributed by atoms with Crippen molar-refractivity contribution in [1.29, 1.82) is 0 Å². The van der Waals surface area contributed by atoms with E-state index in [-0.39, 0.29) is 0 Å². The molecule has 0 bridgehead atoms. The number of rotatable bonds is 6. The van der Waals surface area contributed by atoms with Gasteiger partial charge in [-0.15, -0.1) is 11.3 Å². The third-order valence-electron chi connectivity index (χ3n) is 3.86. The Morgan fingerprint density at radius 1 is 1.42 bits per heavy atom. The van der Waals surface area contributed by atoms with E-state index in [0.29, 0.717) is 0 Å². The summed E-state index contributed by atoms with van der Waals surface area (Å²) in [4.78, 5) is 4.59. The Hall–Kier alpha value is -0.670. The first kappa shape index (κ1) is 14.7. The van der Waals surface area contributed by atoms with Gasteiger partial charge in [0, 0.05) is 11.9 Å². The second-order valence-electron chi connectivity index (χ2n) is 5.52. The summed E-state index contributed by atoms with van der Waals surface area (Å²) in [5, 5.41) is 6.91. The van der Waals surface area contributed by atoms with Crippen molar-refractivity contribution in [2.24, 2.45) is 5.92 Å². The van der Waals surface area contributed by atoms with E-state index in [1.54, 1.807) is 16.9 Å². The van der Waals surface area contributed by atoms with Gasteiger partial charge in [0.05, 0.1) is 10.7 Å². The summed E-state index contributed by atoms with van der Waals surface area (Å²) in [5.74, 6) is 0.778. The first-order valence-electron chi connectivity index (χ1n) is 7.63. The standard InChI is InChI=1S/C16H26N2S/c1-3-9-17-11-15(14-7-5-4-6-8-14)10-16-12-19-13(2)18-16/h10,12,14,17H,3-9,11H2,1-2H3. The fraction of sp³-hybridized carbons (Fsp3) is 0.688. The van der Waals surface area contributed by atoms with E-state index >= 15 is 0 Å². The van der Waals surface area contributed by atoms with Crippen molar-refractivity contribution >= 4 is 17.4 Å². The molecule has 1 aromatic rings. The zero-order valence-corrected chi connectivity index (χ0v) is 13.1. The molecule has 0 unspecified atom stereocenters. The molecule has 106 valence electrons. The van der Waals surface area contributed by atoms with Gasteiger partial charge in [0.25, 0.3) is 0 Å². The third-order valence-corrected chi connectivity index (χ3v) is 4.65. The zero-order chi connectivity index (χ0) is 13.5. The van der Waals surface area contributed by atoms with E-state index in [1.807, 2.05) is 0 Å². The van der Waals surface area contributed by atoms with Gasteiger partial charge in [-0.3, -0.25) is 0 Å². The van der Waals surface area contributed by atoms with Crippen LogP contribution in [0.5, 0.6) is 0 Å². The van der Waals surface area contributed by atoms with E-state index in [0.717, 1.165) is 29.7 Å². The SMILES string of the molecule is CCCNCC(=Cc1csc(C)n1)C1CCCCC1. The number of nitrogens with one attached hydrogen (secondary N) is 1. The zero-order valence-electron chi connectivity index (χ0n) is 12.2. The molecule has 0 saturated heterocycles. The molecule has 3 heteroatoms. The highest BCUT2D eigenvalue weighted by Crippen LogP contribution is 2.30. The van der Waals surface area contributed by atoms with Crippen molar-refractivity contribution in [3.05, 3.63) is 21.7 Å². The number of hydrogen-bond acceptors (Lipinski definition) is 3. The maximum Gasteiger partial charge on any atom is 0.0901 e. The van der Waals surface area contributed by atoms with Crippen LogP contribution in [0.1, 0.15) is 56.2 Å². The summed E-state index contributed by atoms with van der Waals surface area (Å²) >= 11 is 1.75. The Morgan fingerprint density at radius 3 is 2.84 bits per heavy atom. The molecule has 19 heavy (non-hydrogen) atoms. The summed E-state index contributed by atoms with van der Waals surface area (Å²) in [7, 11) is 0. The van der Waals surface area contributed by atoms with Crippen molar-refractivity contribution in [3.63, 3.8) is 0 Å². The molecule has 0 aliphatic heterocycles. The van der Waals surface area contributed by atoms with Gasteiger partial charge in [0.15, 0.2) is 0 Å². The lowest BCUT2D eigenvalue weighted by Gasteiger charge is -2.25. The number of hydrogen-bond donors (Lipinski definition) is 1. The van der Waals surface area contributed by atoms with Crippen LogP contribution in [-0.2, 0) is 0 Å². The quantitative estimate of drug-likeness (QED) is 0.779. The highest BCUT2D eigenvalue weighted by atomic mass is 32.1. The molecule has 0 amide bonds. The van der Waals surface area contributed by atoms with Crippen LogP contribution in [0, 0.1) is 12.8 Å². The maximum atomic E-state index is 4.59. The van der Waals surface area contributed by atoms with E-state index in [4.69, 9.17) is 0 Å². The molecule has 0 atom stereocenters. The molecule has 2 nitrogen and oxygen atoms in total. The van der Waals surface area contributed by atoms with Crippen LogP contribution in [0.2, 0.25) is 0 Å². The van der Waals surface area contributed by atoms with Crippen LogP contribution in [0.3, 0.4) is 0 Å². The first-order chi connectivity index (χ1) is 9.29. The minimum Gasteiger partial charge on any atom is -0.313 e. The Bertz CT molecular complexity index is 403. The molecule has 1 saturated carbocycles. The minimum atomic E-state index is 0.778. The second kappa shape index (κ2) is 7.81. The molecule has 1 aromatic heterocycles. The van der Waals surface area contributed by atoms with Crippen molar-refractivity contribution in [3.8, 4) is 0 Å². The smallest absolute Gasteiger partial charge is 0.0901 e. The molecule has 0 radical (unpaired) electrons. The summed E-state index contributed by atoms with van der Waals surface area (Å²) in [6.07, 6.45) is 10.5. The summed E-state index contributed by atoms with van der Waals surface area (Å²) < 4.78 is 0. The summed E-state index contributed by atoms with van der Waals surface area (Å²) in [6.45, 7) is 6.45. The number of thiazole rings is 1. The van der Waals surface area contributed by atoms with Crippen molar-refractivity contribution in [2.45, 2.75) is 52.4 Å². The van der Waals surface area contributed by atoms with Gasteiger partial charge in [-0.1, -0.05) is 31.8 Å². The molecular formula is C16H26N2S. The van der Waals surface area contributed by atoms with Gasteiger partial charge < -0.3 is 5.32 Å². The molecule has 0 spiro atoms. The van der Waals surface area contributed by atoms with E-state index in [9.17, 15) is 0 Å². The lowest BCUT2D eigenvalue weighted by atomic mass is 9.83. The van der Waals surface area contributed by atoms with Crippen LogP contribution >= 0.6 is 11.3 Å². The normalized spacial score (nSPS) is 17.9. The maximum absolute atomic E-state index is 4.59. The molecule has 2 rings (SSSR count). The number of aryl methyl sites for hydroxylation is 1. The van der Waals surface area contributed by atoms with Gasteiger partial charge >= 0.3 is 0 Å². The van der Waals surface area contributed by atoms with Crippen LogP contribution in [0.25, 0.3) is 6.08 Å². The molecule has 1 aliphatic carbocycles. The van der Waals surface area contributed by atoms with Crippen molar-refractivity contribution in [2.75, 3.05) is 13.1 Å². The Morgan fingerprint density at radius 2 is 2.21 bits per heavy atom. The average Bonchev–Trinajstić information content (AvgIpc) is 2.84. The van der Waals surface area contributed by atoms with Crippen LogP contribution in [0.15, 0.2) is 11.0 Å². The minimum absolute atomic E-state index is 0.778. The van der Waals surface area contributed by atoms with E-state index in [2.05, 4.69) is 35.6 Å². The average molecular weight is 278 g/mol. The summed E-state index contributed by atoms with van der Waals surface area (Å²) in [5.41, 5.74) is 2.72. The Balaban J connectivity index is 2.05. The Kier molecular flexibility index (Phi) is 6.05. The van der Waals surface area contributed by atoms with Crippen molar-refractivity contribution < 1.29 is 0 Å². The molecular weight excluding hydrogens is 252 g/mol. The fourth-order valence-corrected chi connectivity index (χ4v) is 3.40. The van der Waals surface area contributed by atoms with Gasteiger partial charge in [-0.05, 0) is 44.7 Å². The predicted molar refractivity (Wildman–Crippen MR) is 84.6 cm³/mol. The van der Waals surface area contributed by atoms with Gasteiger partial charge in [0.1, 0.15) is 0 Å². The fourth-order valence-electron chi connectivity index (χ4n) is 2.83. The summed E-state index contributed by atoms with van der Waals surface area (Å²) in [6, 6.07) is 0. The highest BCUT2D eigenvalue weighted by molar-refractivity contribution is 7.09. The first-order valence-corrected chi connectivity index (χ1v) is 8.51. The highest BCUT2D eigenvalue weighted by Gasteiger charge is 2.17. The number of nitrogens with zero attached hydrogens (tertiary/aromatic N) is 1. The largest absolute Gasteiger partial charge is 0.313 e. The van der Waals surface area contributed by atoms with Crippen LogP contribution < -0.4 is 5.32 Å². The van der Waals surface area contributed by atoms with Crippen LogP contribution in [0.4, 0.5) is 0 Å². The third kappa shape index (κ3) is 4.73. The Labute approximate surface area is 121 Å². The lowest BCUT2D eigenvalue weighted by molar-refractivity contribution is 0.396. The molecule has 1 N–H and O–H groups in total. The van der Waals surface area contributed by atoms with E-state index < -0.39 is 0 Å². The number of aromatic nitrogens is 1. The monoisotopic (exact) mass is 278 g/mol. The van der Waals surface area contributed by atoms with Crippen molar-refractivity contribution in [1.82, 2.24) is 10.3 Å². The second-order valence-corrected chi connectivity index (χ2v) is 6.58.